The Bertz CT molecular complexity index is 563. The van der Waals surface area contributed by atoms with Crippen LogP contribution in [0.1, 0.15) is 24.0 Å². The van der Waals surface area contributed by atoms with E-state index in [2.05, 4.69) is 0 Å². The van der Waals surface area contributed by atoms with Crippen molar-refractivity contribution >= 4 is 10.0 Å². The molecule has 0 unspecified atom stereocenters. The first-order valence-electron chi connectivity index (χ1n) is 6.60. The van der Waals surface area contributed by atoms with Crippen LogP contribution in [0, 0.1) is 19.8 Å². The van der Waals surface area contributed by atoms with E-state index in [1.807, 2.05) is 26.0 Å². The molecule has 1 aromatic rings. The van der Waals surface area contributed by atoms with Crippen LogP contribution in [-0.2, 0) is 10.0 Å². The molecule has 0 spiro atoms. The van der Waals surface area contributed by atoms with Crippen molar-refractivity contribution in [3.63, 3.8) is 0 Å². The average molecular weight is 282 g/mol. The maximum atomic E-state index is 12.5. The van der Waals surface area contributed by atoms with Gasteiger partial charge in [0.25, 0.3) is 0 Å². The van der Waals surface area contributed by atoms with Gasteiger partial charge in [0.15, 0.2) is 0 Å². The van der Waals surface area contributed by atoms with E-state index in [4.69, 9.17) is 5.73 Å². The molecule has 5 heteroatoms. The Morgan fingerprint density at radius 2 is 1.95 bits per heavy atom. The van der Waals surface area contributed by atoms with Crippen molar-refractivity contribution in [3.8, 4) is 0 Å². The minimum atomic E-state index is -3.38. The van der Waals surface area contributed by atoms with Gasteiger partial charge in [-0.3, -0.25) is 0 Å². The molecule has 2 N–H and O–H groups in total. The molecule has 2 rings (SSSR count). The quantitative estimate of drug-likeness (QED) is 0.913. The van der Waals surface area contributed by atoms with Gasteiger partial charge in [0.2, 0.25) is 10.0 Å². The first kappa shape index (κ1) is 14.5. The molecule has 1 fully saturated rings. The number of hydrogen-bond acceptors (Lipinski definition) is 3. The number of sulfonamides is 1. The number of benzene rings is 1. The van der Waals surface area contributed by atoms with Crippen LogP contribution < -0.4 is 5.73 Å². The summed E-state index contributed by atoms with van der Waals surface area (Å²) in [6.45, 7) is 4.36. The smallest absolute Gasteiger partial charge is 0.243 e. The van der Waals surface area contributed by atoms with E-state index in [0.29, 0.717) is 17.4 Å². The first-order valence-corrected chi connectivity index (χ1v) is 8.04. The first-order chi connectivity index (χ1) is 8.80. The summed E-state index contributed by atoms with van der Waals surface area (Å²) in [5.41, 5.74) is 7.61. The van der Waals surface area contributed by atoms with Crippen LogP contribution in [0.5, 0.6) is 0 Å². The molecule has 0 bridgehead atoms. The lowest BCUT2D eigenvalue weighted by Gasteiger charge is -2.35. The molecule has 1 aromatic carbocycles. The molecular weight excluding hydrogens is 260 g/mol. The van der Waals surface area contributed by atoms with Crippen LogP contribution in [0.25, 0.3) is 0 Å². The van der Waals surface area contributed by atoms with Gasteiger partial charge in [-0.15, -0.1) is 0 Å². The van der Waals surface area contributed by atoms with Gasteiger partial charge in [-0.2, -0.15) is 0 Å². The van der Waals surface area contributed by atoms with Crippen LogP contribution in [0.2, 0.25) is 0 Å². The average Bonchev–Trinajstić information content (AvgIpc) is 2.26. The monoisotopic (exact) mass is 282 g/mol. The van der Waals surface area contributed by atoms with Crippen molar-refractivity contribution in [2.75, 3.05) is 13.6 Å². The molecule has 0 aliphatic heterocycles. The maximum absolute atomic E-state index is 12.5. The molecule has 0 amide bonds. The third kappa shape index (κ3) is 2.99. The van der Waals surface area contributed by atoms with E-state index in [-0.39, 0.29) is 6.04 Å². The highest BCUT2D eigenvalue weighted by molar-refractivity contribution is 7.89. The predicted octanol–water partition coefficient (Wildman–Crippen LogP) is 1.66. The van der Waals surface area contributed by atoms with Crippen molar-refractivity contribution in [2.45, 2.75) is 37.6 Å². The van der Waals surface area contributed by atoms with Gasteiger partial charge in [-0.25, -0.2) is 12.7 Å². The van der Waals surface area contributed by atoms with E-state index in [1.165, 1.54) is 4.31 Å². The second kappa shape index (κ2) is 5.23. The van der Waals surface area contributed by atoms with Crippen LogP contribution >= 0.6 is 0 Å². The van der Waals surface area contributed by atoms with Gasteiger partial charge in [0.1, 0.15) is 0 Å². The molecule has 1 aliphatic carbocycles. The molecule has 0 heterocycles. The molecule has 0 radical (unpaired) electrons. The lowest BCUT2D eigenvalue weighted by atomic mass is 9.81. The van der Waals surface area contributed by atoms with Gasteiger partial charge in [0.05, 0.1) is 4.90 Å². The summed E-state index contributed by atoms with van der Waals surface area (Å²) >= 11 is 0. The van der Waals surface area contributed by atoms with Crippen LogP contribution in [0.15, 0.2) is 23.1 Å². The standard InChI is InChI=1S/C14H22N2O2S/c1-10-4-5-14(11(2)6-10)19(17,18)16(3)9-12-7-13(15)8-12/h4-6,12-13H,7-9,15H2,1-3H3. The number of nitrogens with zero attached hydrogens (tertiary/aromatic N) is 1. The minimum absolute atomic E-state index is 0.252. The summed E-state index contributed by atoms with van der Waals surface area (Å²) in [5, 5.41) is 0. The molecular formula is C14H22N2O2S. The lowest BCUT2D eigenvalue weighted by Crippen LogP contribution is -2.43. The van der Waals surface area contributed by atoms with Gasteiger partial charge < -0.3 is 5.73 Å². The fourth-order valence-electron chi connectivity index (χ4n) is 2.65. The molecule has 1 saturated carbocycles. The van der Waals surface area contributed by atoms with Crippen molar-refractivity contribution in [2.24, 2.45) is 11.7 Å². The summed E-state index contributed by atoms with van der Waals surface area (Å²) in [6.07, 6.45) is 1.85. The second-order valence-corrected chi connectivity index (χ2v) is 7.67. The van der Waals surface area contributed by atoms with E-state index < -0.39 is 10.0 Å². The molecule has 1 aliphatic rings. The van der Waals surface area contributed by atoms with Crippen LogP contribution in [0.3, 0.4) is 0 Å². The highest BCUT2D eigenvalue weighted by atomic mass is 32.2. The van der Waals surface area contributed by atoms with Gasteiger partial charge in [-0.1, -0.05) is 17.7 Å². The molecule has 19 heavy (non-hydrogen) atoms. The normalized spacial score (nSPS) is 23.4. The third-order valence-electron chi connectivity index (χ3n) is 3.81. The third-order valence-corrected chi connectivity index (χ3v) is 5.79. The number of nitrogens with two attached hydrogens (primary N) is 1. The Balaban J connectivity index is 2.16. The van der Waals surface area contributed by atoms with Crippen molar-refractivity contribution in [1.29, 1.82) is 0 Å². The highest BCUT2D eigenvalue weighted by Gasteiger charge is 2.31. The molecule has 0 aromatic heterocycles. The van der Waals surface area contributed by atoms with Crippen molar-refractivity contribution < 1.29 is 8.42 Å². The zero-order valence-electron chi connectivity index (χ0n) is 11.8. The highest BCUT2D eigenvalue weighted by Crippen LogP contribution is 2.28. The topological polar surface area (TPSA) is 63.4 Å². The van der Waals surface area contributed by atoms with E-state index >= 15 is 0 Å². The van der Waals surface area contributed by atoms with Crippen LogP contribution in [0.4, 0.5) is 0 Å². The fraction of sp³-hybridized carbons (Fsp3) is 0.571. The van der Waals surface area contributed by atoms with Gasteiger partial charge in [-0.05, 0) is 44.2 Å². The van der Waals surface area contributed by atoms with E-state index in [1.54, 1.807) is 13.1 Å². The van der Waals surface area contributed by atoms with Crippen molar-refractivity contribution in [1.82, 2.24) is 4.31 Å². The van der Waals surface area contributed by atoms with Gasteiger partial charge >= 0.3 is 0 Å². The lowest BCUT2D eigenvalue weighted by molar-refractivity contribution is 0.227. The summed E-state index contributed by atoms with van der Waals surface area (Å²) in [4.78, 5) is 0.407. The Kier molecular flexibility index (Phi) is 3.99. The Morgan fingerprint density at radius 3 is 2.47 bits per heavy atom. The summed E-state index contributed by atoms with van der Waals surface area (Å²) in [5.74, 6) is 0.403. The van der Waals surface area contributed by atoms with Crippen LogP contribution in [-0.4, -0.2) is 32.4 Å². The largest absolute Gasteiger partial charge is 0.328 e. The molecule has 0 saturated heterocycles. The Hall–Kier alpha value is -0.910. The van der Waals surface area contributed by atoms with E-state index in [9.17, 15) is 8.42 Å². The maximum Gasteiger partial charge on any atom is 0.243 e. The van der Waals surface area contributed by atoms with E-state index in [0.717, 1.165) is 24.0 Å². The second-order valence-electron chi connectivity index (χ2n) is 5.65. The fourth-order valence-corrected chi connectivity index (χ4v) is 4.10. The molecule has 0 atom stereocenters. The molecule has 106 valence electrons. The number of aryl methyl sites for hydroxylation is 2. The summed E-state index contributed by atoms with van der Waals surface area (Å²) in [6, 6.07) is 5.69. The summed E-state index contributed by atoms with van der Waals surface area (Å²) in [7, 11) is -1.73. The Morgan fingerprint density at radius 1 is 1.32 bits per heavy atom. The number of rotatable bonds is 4. The van der Waals surface area contributed by atoms with Gasteiger partial charge in [0, 0.05) is 19.6 Å². The summed E-state index contributed by atoms with van der Waals surface area (Å²) < 4.78 is 26.5. The number of hydrogen-bond donors (Lipinski definition) is 1. The zero-order valence-corrected chi connectivity index (χ0v) is 12.6. The minimum Gasteiger partial charge on any atom is -0.328 e. The SMILES string of the molecule is Cc1ccc(S(=O)(=O)N(C)CC2CC(N)C2)c(C)c1. The Labute approximate surface area is 115 Å². The predicted molar refractivity (Wildman–Crippen MR) is 76.4 cm³/mol. The van der Waals surface area contributed by atoms with Crippen molar-refractivity contribution in [3.05, 3.63) is 29.3 Å². The molecule has 4 nitrogen and oxygen atoms in total. The zero-order chi connectivity index (χ0) is 14.2.